The molecule has 0 saturated heterocycles. The molecule has 0 aromatic carbocycles. The summed E-state index contributed by atoms with van der Waals surface area (Å²) < 4.78 is 5.48. The maximum Gasteiger partial charge on any atom is 0.233 e. The number of ether oxygens (including phenoxy) is 1. The van der Waals surface area contributed by atoms with Gasteiger partial charge in [0.25, 0.3) is 0 Å². The molecule has 1 fully saturated rings. The Hall–Kier alpha value is -0.220. The molecule has 0 radical (unpaired) electrons. The van der Waals surface area contributed by atoms with Gasteiger partial charge in [0.1, 0.15) is 0 Å². The van der Waals surface area contributed by atoms with E-state index in [1.165, 1.54) is 12.8 Å². The minimum Gasteiger partial charge on any atom is -0.381 e. The van der Waals surface area contributed by atoms with Crippen LogP contribution in [0.5, 0.6) is 0 Å². The van der Waals surface area contributed by atoms with Crippen LogP contribution >= 0.6 is 12.6 Å². The number of nitrogens with one attached hydrogen (secondary N) is 1. The Morgan fingerprint density at radius 3 is 2.75 bits per heavy atom. The van der Waals surface area contributed by atoms with Gasteiger partial charge in [-0.05, 0) is 31.1 Å². The van der Waals surface area contributed by atoms with E-state index in [4.69, 9.17) is 4.74 Å². The molecule has 94 valence electrons. The van der Waals surface area contributed by atoms with Crippen molar-refractivity contribution >= 4 is 18.5 Å². The number of hydrogen-bond donors (Lipinski definition) is 2. The van der Waals surface area contributed by atoms with E-state index in [-0.39, 0.29) is 17.1 Å². The molecular formula is C12H23NO2S. The van der Waals surface area contributed by atoms with Gasteiger partial charge in [-0.15, -0.1) is 0 Å². The molecule has 1 unspecified atom stereocenters. The van der Waals surface area contributed by atoms with Gasteiger partial charge in [-0.25, -0.2) is 0 Å². The van der Waals surface area contributed by atoms with Crippen LogP contribution in [0.1, 0.15) is 33.1 Å². The van der Waals surface area contributed by atoms with Crippen molar-refractivity contribution in [2.45, 2.75) is 38.4 Å². The van der Waals surface area contributed by atoms with Gasteiger partial charge < -0.3 is 10.1 Å². The summed E-state index contributed by atoms with van der Waals surface area (Å²) in [5, 5.41) is 2.67. The van der Waals surface area contributed by atoms with Gasteiger partial charge >= 0.3 is 0 Å². The lowest BCUT2D eigenvalue weighted by atomic mass is 10.1. The lowest BCUT2D eigenvalue weighted by Crippen LogP contribution is -2.35. The van der Waals surface area contributed by atoms with Crippen molar-refractivity contribution in [1.29, 1.82) is 0 Å². The predicted octanol–water partition coefficient (Wildman–Crippen LogP) is 1.87. The van der Waals surface area contributed by atoms with E-state index in [1.54, 1.807) is 0 Å². The maximum atomic E-state index is 11.5. The summed E-state index contributed by atoms with van der Waals surface area (Å²) in [5.41, 5.74) is 0. The molecule has 1 aliphatic rings. The quantitative estimate of drug-likeness (QED) is 0.506. The lowest BCUT2D eigenvalue weighted by Gasteiger charge is -2.14. The highest BCUT2D eigenvalue weighted by molar-refractivity contribution is 7.81. The molecule has 0 bridgehead atoms. The van der Waals surface area contributed by atoms with Gasteiger partial charge in [0, 0.05) is 19.8 Å². The first-order valence-electron chi connectivity index (χ1n) is 6.14. The maximum absolute atomic E-state index is 11.5. The predicted molar refractivity (Wildman–Crippen MR) is 68.8 cm³/mol. The zero-order chi connectivity index (χ0) is 12.0. The first-order valence-corrected chi connectivity index (χ1v) is 6.66. The second-order valence-electron chi connectivity index (χ2n) is 4.85. The van der Waals surface area contributed by atoms with Crippen LogP contribution in [0.4, 0.5) is 0 Å². The van der Waals surface area contributed by atoms with Crippen molar-refractivity contribution in [3.05, 3.63) is 0 Å². The molecule has 0 aliphatic heterocycles. The smallest absolute Gasteiger partial charge is 0.233 e. The molecule has 1 atom stereocenters. The van der Waals surface area contributed by atoms with Gasteiger partial charge in [-0.3, -0.25) is 4.79 Å². The van der Waals surface area contributed by atoms with E-state index < -0.39 is 0 Å². The molecule has 4 heteroatoms. The molecule has 0 heterocycles. The lowest BCUT2D eigenvalue weighted by molar-refractivity contribution is -0.121. The van der Waals surface area contributed by atoms with Crippen molar-refractivity contribution in [1.82, 2.24) is 5.32 Å². The fraction of sp³-hybridized carbons (Fsp3) is 0.917. The average molecular weight is 245 g/mol. The molecule has 0 aromatic rings. The molecule has 0 spiro atoms. The number of thiol groups is 1. The van der Waals surface area contributed by atoms with Gasteiger partial charge in [-0.1, -0.05) is 13.8 Å². The Labute approximate surface area is 104 Å². The summed E-state index contributed by atoms with van der Waals surface area (Å²) in [6, 6.07) is 0. The van der Waals surface area contributed by atoms with Crippen molar-refractivity contribution in [2.75, 3.05) is 19.8 Å². The molecule has 1 N–H and O–H groups in total. The second kappa shape index (κ2) is 7.17. The standard InChI is InChI=1S/C12H23NO2S/c1-9(2)11(16)12(14)13-6-3-7-15-8-10-4-5-10/h9-11,16H,3-8H2,1-2H3,(H,13,14). The number of rotatable bonds is 8. The summed E-state index contributed by atoms with van der Waals surface area (Å²) in [4.78, 5) is 11.5. The Bertz CT molecular complexity index is 217. The molecule has 16 heavy (non-hydrogen) atoms. The van der Waals surface area contributed by atoms with E-state index >= 15 is 0 Å². The Kier molecular flexibility index (Phi) is 6.21. The fourth-order valence-electron chi connectivity index (χ4n) is 1.33. The molecule has 1 amide bonds. The number of carbonyl (C=O) groups is 1. The van der Waals surface area contributed by atoms with Crippen molar-refractivity contribution < 1.29 is 9.53 Å². The third-order valence-electron chi connectivity index (χ3n) is 2.72. The van der Waals surface area contributed by atoms with E-state index in [9.17, 15) is 4.79 Å². The van der Waals surface area contributed by atoms with Crippen LogP contribution in [-0.2, 0) is 9.53 Å². The van der Waals surface area contributed by atoms with E-state index in [0.717, 1.165) is 25.6 Å². The number of amides is 1. The van der Waals surface area contributed by atoms with Gasteiger partial charge in [0.2, 0.25) is 5.91 Å². The van der Waals surface area contributed by atoms with Crippen LogP contribution in [-0.4, -0.2) is 30.9 Å². The summed E-state index contributed by atoms with van der Waals surface area (Å²) in [7, 11) is 0. The highest BCUT2D eigenvalue weighted by Crippen LogP contribution is 2.28. The molecule has 3 nitrogen and oxygen atoms in total. The summed E-state index contributed by atoms with van der Waals surface area (Å²) in [6.45, 7) is 6.32. The molecule has 0 aromatic heterocycles. The van der Waals surface area contributed by atoms with Gasteiger partial charge in [0.15, 0.2) is 0 Å². The van der Waals surface area contributed by atoms with E-state index in [1.807, 2.05) is 13.8 Å². The third kappa shape index (κ3) is 5.75. The van der Waals surface area contributed by atoms with Crippen molar-refractivity contribution in [3.63, 3.8) is 0 Å². The van der Waals surface area contributed by atoms with Crippen LogP contribution in [0.3, 0.4) is 0 Å². The minimum atomic E-state index is -0.201. The second-order valence-corrected chi connectivity index (χ2v) is 5.41. The summed E-state index contributed by atoms with van der Waals surface area (Å²) in [6.07, 6.45) is 3.54. The van der Waals surface area contributed by atoms with Gasteiger partial charge in [-0.2, -0.15) is 12.6 Å². The third-order valence-corrected chi connectivity index (χ3v) is 3.55. The normalized spacial score (nSPS) is 17.5. The molecular weight excluding hydrogens is 222 g/mol. The molecule has 1 saturated carbocycles. The van der Waals surface area contributed by atoms with Crippen LogP contribution in [0.25, 0.3) is 0 Å². The molecule has 1 aliphatic carbocycles. The van der Waals surface area contributed by atoms with E-state index in [2.05, 4.69) is 17.9 Å². The number of hydrogen-bond acceptors (Lipinski definition) is 3. The highest BCUT2D eigenvalue weighted by Gasteiger charge is 2.21. The molecule has 1 rings (SSSR count). The largest absolute Gasteiger partial charge is 0.381 e. The van der Waals surface area contributed by atoms with Crippen LogP contribution in [0, 0.1) is 11.8 Å². The zero-order valence-electron chi connectivity index (χ0n) is 10.2. The van der Waals surface area contributed by atoms with Crippen LogP contribution in [0.2, 0.25) is 0 Å². The zero-order valence-corrected chi connectivity index (χ0v) is 11.1. The van der Waals surface area contributed by atoms with Crippen molar-refractivity contribution in [3.8, 4) is 0 Å². The Morgan fingerprint density at radius 1 is 1.50 bits per heavy atom. The highest BCUT2D eigenvalue weighted by atomic mass is 32.1. The first-order chi connectivity index (χ1) is 7.61. The number of carbonyl (C=O) groups excluding carboxylic acids is 1. The summed E-state index contributed by atoms with van der Waals surface area (Å²) >= 11 is 4.26. The average Bonchev–Trinajstić information content (AvgIpc) is 3.05. The van der Waals surface area contributed by atoms with E-state index in [0.29, 0.717) is 6.54 Å². The summed E-state index contributed by atoms with van der Waals surface area (Å²) in [5.74, 6) is 1.12. The van der Waals surface area contributed by atoms with Crippen LogP contribution < -0.4 is 5.32 Å². The minimum absolute atomic E-state index is 0.0283. The topological polar surface area (TPSA) is 38.3 Å². The monoisotopic (exact) mass is 245 g/mol. The van der Waals surface area contributed by atoms with Gasteiger partial charge in [0.05, 0.1) is 5.25 Å². The Balaban J connectivity index is 1.90. The SMILES string of the molecule is CC(C)C(S)C(=O)NCCCOCC1CC1. The van der Waals surface area contributed by atoms with Crippen molar-refractivity contribution in [2.24, 2.45) is 11.8 Å². The first kappa shape index (κ1) is 13.8. The Morgan fingerprint density at radius 2 is 2.19 bits per heavy atom. The fourth-order valence-corrected chi connectivity index (χ4v) is 1.42. The van der Waals surface area contributed by atoms with Crippen LogP contribution in [0.15, 0.2) is 0 Å².